The van der Waals surface area contributed by atoms with Crippen LogP contribution in [0.3, 0.4) is 0 Å². The number of aromatic nitrogens is 1. The first-order chi connectivity index (χ1) is 14.3. The Labute approximate surface area is 176 Å². The maximum atomic E-state index is 13.1. The number of nitrogens with zero attached hydrogens (tertiary/aromatic N) is 3. The SMILES string of the molecule is CC(C)C(NC(=O)c1ccc(F)cc1)C(=O)Nc1ccc(N2CCN(C)CC2)nc1. The number of likely N-dealkylation sites (N-methyl/N-ethyl adjacent to an activating group) is 1. The van der Waals surface area contributed by atoms with Gasteiger partial charge in [0, 0.05) is 31.7 Å². The zero-order chi connectivity index (χ0) is 21.7. The summed E-state index contributed by atoms with van der Waals surface area (Å²) in [6.07, 6.45) is 1.63. The van der Waals surface area contributed by atoms with Crippen molar-refractivity contribution >= 4 is 23.3 Å². The van der Waals surface area contributed by atoms with Crippen LogP contribution in [0.5, 0.6) is 0 Å². The first-order valence-electron chi connectivity index (χ1n) is 10.1. The summed E-state index contributed by atoms with van der Waals surface area (Å²) in [5.74, 6) is -0.419. The van der Waals surface area contributed by atoms with Crippen molar-refractivity contribution in [2.24, 2.45) is 5.92 Å². The molecule has 160 valence electrons. The van der Waals surface area contributed by atoms with Crippen molar-refractivity contribution in [3.05, 3.63) is 54.0 Å². The normalized spacial score (nSPS) is 15.7. The highest BCUT2D eigenvalue weighted by molar-refractivity contribution is 6.01. The summed E-state index contributed by atoms with van der Waals surface area (Å²) < 4.78 is 13.1. The number of anilines is 2. The van der Waals surface area contributed by atoms with E-state index in [-0.39, 0.29) is 11.8 Å². The van der Waals surface area contributed by atoms with Crippen molar-refractivity contribution in [1.82, 2.24) is 15.2 Å². The van der Waals surface area contributed by atoms with Gasteiger partial charge < -0.3 is 20.4 Å². The van der Waals surface area contributed by atoms with Crippen molar-refractivity contribution < 1.29 is 14.0 Å². The second-order valence-electron chi connectivity index (χ2n) is 7.89. The average molecular weight is 413 g/mol. The van der Waals surface area contributed by atoms with Gasteiger partial charge in [-0.05, 0) is 49.4 Å². The summed E-state index contributed by atoms with van der Waals surface area (Å²) in [5.41, 5.74) is 0.868. The number of halogens is 1. The van der Waals surface area contributed by atoms with Crippen LogP contribution >= 0.6 is 0 Å². The average Bonchev–Trinajstić information content (AvgIpc) is 2.73. The van der Waals surface area contributed by atoms with Crippen molar-refractivity contribution in [3.8, 4) is 0 Å². The Morgan fingerprint density at radius 1 is 1.03 bits per heavy atom. The highest BCUT2D eigenvalue weighted by Gasteiger charge is 2.25. The molecule has 0 radical (unpaired) electrons. The maximum absolute atomic E-state index is 13.1. The topological polar surface area (TPSA) is 77.6 Å². The predicted molar refractivity (Wildman–Crippen MR) is 115 cm³/mol. The number of carbonyl (C=O) groups excluding carboxylic acids is 2. The van der Waals surface area contributed by atoms with Crippen LogP contribution in [0.1, 0.15) is 24.2 Å². The Morgan fingerprint density at radius 2 is 1.70 bits per heavy atom. The summed E-state index contributed by atoms with van der Waals surface area (Å²) in [7, 11) is 2.10. The standard InChI is InChI=1S/C22H28FN5O2/c1-15(2)20(26-21(29)16-4-6-17(23)7-5-16)22(30)25-18-8-9-19(24-14-18)28-12-10-27(3)11-13-28/h4-9,14-15,20H,10-13H2,1-3H3,(H,25,30)(H,26,29). The van der Waals surface area contributed by atoms with Crippen molar-refractivity contribution in [2.75, 3.05) is 43.4 Å². The fraction of sp³-hybridized carbons (Fsp3) is 0.409. The second-order valence-corrected chi connectivity index (χ2v) is 7.89. The zero-order valence-corrected chi connectivity index (χ0v) is 17.6. The molecule has 1 aromatic carbocycles. The Bertz CT molecular complexity index is 862. The molecule has 1 unspecified atom stereocenters. The number of hydrogen-bond acceptors (Lipinski definition) is 5. The predicted octanol–water partition coefficient (Wildman–Crippen LogP) is 2.37. The molecule has 1 aliphatic heterocycles. The van der Waals surface area contributed by atoms with E-state index in [1.807, 2.05) is 26.0 Å². The van der Waals surface area contributed by atoms with E-state index in [2.05, 4.69) is 32.5 Å². The molecule has 8 heteroatoms. The summed E-state index contributed by atoms with van der Waals surface area (Å²) >= 11 is 0. The van der Waals surface area contributed by atoms with Gasteiger partial charge in [-0.2, -0.15) is 0 Å². The van der Waals surface area contributed by atoms with Gasteiger partial charge in [0.1, 0.15) is 17.7 Å². The van der Waals surface area contributed by atoms with E-state index in [4.69, 9.17) is 0 Å². The molecular weight excluding hydrogens is 385 g/mol. The van der Waals surface area contributed by atoms with Crippen LogP contribution in [0.25, 0.3) is 0 Å². The van der Waals surface area contributed by atoms with E-state index < -0.39 is 17.8 Å². The summed E-state index contributed by atoms with van der Waals surface area (Å²) in [6.45, 7) is 7.52. The van der Waals surface area contributed by atoms with E-state index in [0.29, 0.717) is 11.3 Å². The smallest absolute Gasteiger partial charge is 0.251 e. The summed E-state index contributed by atoms with van der Waals surface area (Å²) in [4.78, 5) is 34.2. The van der Waals surface area contributed by atoms with Crippen LogP contribution < -0.4 is 15.5 Å². The quantitative estimate of drug-likeness (QED) is 0.760. The lowest BCUT2D eigenvalue weighted by atomic mass is 10.0. The molecule has 2 amide bonds. The largest absolute Gasteiger partial charge is 0.354 e. The number of hydrogen-bond donors (Lipinski definition) is 2. The molecule has 0 spiro atoms. The lowest BCUT2D eigenvalue weighted by Crippen LogP contribution is -2.47. The third kappa shape index (κ3) is 5.54. The molecule has 1 aromatic heterocycles. The third-order valence-corrected chi connectivity index (χ3v) is 5.18. The molecule has 0 bridgehead atoms. The third-order valence-electron chi connectivity index (χ3n) is 5.18. The molecule has 1 aliphatic rings. The van der Waals surface area contributed by atoms with Gasteiger partial charge in [-0.3, -0.25) is 9.59 Å². The highest BCUT2D eigenvalue weighted by atomic mass is 19.1. The van der Waals surface area contributed by atoms with Gasteiger partial charge in [0.2, 0.25) is 5.91 Å². The number of amides is 2. The van der Waals surface area contributed by atoms with Gasteiger partial charge >= 0.3 is 0 Å². The minimum atomic E-state index is -0.736. The van der Waals surface area contributed by atoms with Crippen LogP contribution in [0.15, 0.2) is 42.6 Å². The van der Waals surface area contributed by atoms with Gasteiger partial charge in [0.15, 0.2) is 0 Å². The van der Waals surface area contributed by atoms with E-state index in [9.17, 15) is 14.0 Å². The Hall–Kier alpha value is -3.00. The lowest BCUT2D eigenvalue weighted by molar-refractivity contribution is -0.118. The van der Waals surface area contributed by atoms with E-state index >= 15 is 0 Å². The first-order valence-corrected chi connectivity index (χ1v) is 10.1. The molecule has 7 nitrogen and oxygen atoms in total. The van der Waals surface area contributed by atoms with Crippen LogP contribution in [0.4, 0.5) is 15.9 Å². The fourth-order valence-electron chi connectivity index (χ4n) is 3.26. The number of piperazine rings is 1. The monoisotopic (exact) mass is 413 g/mol. The minimum absolute atomic E-state index is 0.132. The van der Waals surface area contributed by atoms with Crippen molar-refractivity contribution in [3.63, 3.8) is 0 Å². The van der Waals surface area contributed by atoms with Crippen LogP contribution in [0.2, 0.25) is 0 Å². The number of benzene rings is 1. The number of nitrogens with one attached hydrogen (secondary N) is 2. The van der Waals surface area contributed by atoms with Gasteiger partial charge in [0.05, 0.1) is 11.9 Å². The van der Waals surface area contributed by atoms with E-state index in [0.717, 1.165) is 32.0 Å². The number of rotatable bonds is 6. The molecular formula is C22H28FN5O2. The molecule has 2 aromatic rings. The minimum Gasteiger partial charge on any atom is -0.354 e. The molecule has 2 heterocycles. The first kappa shape index (κ1) is 21.7. The van der Waals surface area contributed by atoms with Crippen LogP contribution in [-0.4, -0.2) is 61.0 Å². The lowest BCUT2D eigenvalue weighted by Gasteiger charge is -2.33. The van der Waals surface area contributed by atoms with Gasteiger partial charge in [0.25, 0.3) is 5.91 Å². The summed E-state index contributed by atoms with van der Waals surface area (Å²) in [5, 5.41) is 5.56. The molecule has 1 atom stereocenters. The van der Waals surface area contributed by atoms with Crippen molar-refractivity contribution in [2.45, 2.75) is 19.9 Å². The number of pyridine rings is 1. The molecule has 1 saturated heterocycles. The zero-order valence-electron chi connectivity index (χ0n) is 17.6. The molecule has 30 heavy (non-hydrogen) atoms. The van der Waals surface area contributed by atoms with Gasteiger partial charge in [-0.15, -0.1) is 0 Å². The molecule has 3 rings (SSSR count). The summed E-state index contributed by atoms with van der Waals surface area (Å²) in [6, 6.07) is 8.18. The van der Waals surface area contributed by atoms with E-state index in [1.165, 1.54) is 24.3 Å². The van der Waals surface area contributed by atoms with Crippen LogP contribution in [0, 0.1) is 11.7 Å². The van der Waals surface area contributed by atoms with E-state index in [1.54, 1.807) is 6.20 Å². The van der Waals surface area contributed by atoms with Gasteiger partial charge in [-0.1, -0.05) is 13.8 Å². The van der Waals surface area contributed by atoms with Gasteiger partial charge in [-0.25, -0.2) is 9.37 Å². The molecule has 1 fully saturated rings. The second kappa shape index (κ2) is 9.67. The Balaban J connectivity index is 1.61. The maximum Gasteiger partial charge on any atom is 0.251 e. The molecule has 2 N–H and O–H groups in total. The van der Waals surface area contributed by atoms with Crippen LogP contribution in [-0.2, 0) is 4.79 Å². The molecule has 0 aliphatic carbocycles. The fourth-order valence-corrected chi connectivity index (χ4v) is 3.26. The number of carbonyl (C=O) groups is 2. The highest BCUT2D eigenvalue weighted by Crippen LogP contribution is 2.17. The Morgan fingerprint density at radius 3 is 2.27 bits per heavy atom. The van der Waals surface area contributed by atoms with Crippen molar-refractivity contribution in [1.29, 1.82) is 0 Å². The molecule has 0 saturated carbocycles. The Kier molecular flexibility index (Phi) is 6.99.